The second kappa shape index (κ2) is 6.69. The summed E-state index contributed by atoms with van der Waals surface area (Å²) in [5.41, 5.74) is 1.09. The maximum Gasteiger partial charge on any atom is 0.152 e. The molecule has 1 aliphatic carbocycles. The second-order valence-corrected chi connectivity index (χ2v) is 5.47. The molecular weight excluding hydrogens is 300 g/mol. The lowest BCUT2D eigenvalue weighted by Crippen LogP contribution is -2.16. The van der Waals surface area contributed by atoms with Crippen molar-refractivity contribution in [1.29, 1.82) is 0 Å². The van der Waals surface area contributed by atoms with Gasteiger partial charge in [0, 0.05) is 34.9 Å². The number of terminal acetylenes is 1. The van der Waals surface area contributed by atoms with E-state index in [2.05, 4.69) is 17.8 Å². The first kappa shape index (κ1) is 16.1. The summed E-state index contributed by atoms with van der Waals surface area (Å²) >= 11 is 6.29. The van der Waals surface area contributed by atoms with Gasteiger partial charge in [-0.1, -0.05) is 17.5 Å². The van der Waals surface area contributed by atoms with Crippen molar-refractivity contribution >= 4 is 23.2 Å². The first-order chi connectivity index (χ1) is 10.5. The molecule has 4 heteroatoms. The summed E-state index contributed by atoms with van der Waals surface area (Å²) in [7, 11) is 1.47. The van der Waals surface area contributed by atoms with Gasteiger partial charge in [-0.15, -0.1) is 18.3 Å². The van der Waals surface area contributed by atoms with Crippen molar-refractivity contribution in [2.75, 3.05) is 7.11 Å². The maximum atomic E-state index is 12.5. The molecule has 0 heterocycles. The summed E-state index contributed by atoms with van der Waals surface area (Å²) in [6, 6.07) is 3.33. The lowest BCUT2D eigenvalue weighted by molar-refractivity contribution is -0.124. The number of carbonyl (C=O) groups excluding carboxylic acids is 2. The van der Waals surface area contributed by atoms with Crippen molar-refractivity contribution < 1.29 is 14.3 Å². The molecule has 1 fully saturated rings. The summed E-state index contributed by atoms with van der Waals surface area (Å²) in [5, 5.41) is 0.310. The first-order valence-electron chi connectivity index (χ1n) is 6.83. The van der Waals surface area contributed by atoms with E-state index in [4.69, 9.17) is 22.8 Å². The smallest absolute Gasteiger partial charge is 0.152 e. The van der Waals surface area contributed by atoms with Crippen molar-refractivity contribution in [3.05, 3.63) is 28.3 Å². The molecule has 0 aromatic heterocycles. The number of ether oxygens (including phenoxy) is 1. The molecule has 3 nitrogen and oxygen atoms in total. The molecule has 0 radical (unpaired) electrons. The molecule has 0 aliphatic heterocycles. The Balaban J connectivity index is 2.52. The predicted molar refractivity (Wildman–Crippen MR) is 84.9 cm³/mol. The highest BCUT2D eigenvalue weighted by molar-refractivity contribution is 6.33. The van der Waals surface area contributed by atoms with Gasteiger partial charge >= 0.3 is 0 Å². The van der Waals surface area contributed by atoms with Crippen molar-refractivity contribution in [3.63, 3.8) is 0 Å². The molecule has 1 aromatic rings. The first-order valence-corrected chi connectivity index (χ1v) is 7.21. The van der Waals surface area contributed by atoms with Crippen LogP contribution in [0.5, 0.6) is 5.75 Å². The average Bonchev–Trinajstić information content (AvgIpc) is 2.74. The Kier molecular flexibility index (Phi) is 4.91. The molecule has 22 heavy (non-hydrogen) atoms. The van der Waals surface area contributed by atoms with Crippen molar-refractivity contribution in [1.82, 2.24) is 0 Å². The molecule has 2 unspecified atom stereocenters. The minimum atomic E-state index is -0.899. The third-order valence-corrected chi connectivity index (χ3v) is 4.00. The number of hydrogen-bond donors (Lipinski definition) is 0. The predicted octanol–water partition coefficient (Wildman–Crippen LogP) is 2.99. The summed E-state index contributed by atoms with van der Waals surface area (Å²) in [6.07, 6.45) is 5.68. The van der Waals surface area contributed by atoms with Gasteiger partial charge in [-0.05, 0) is 19.1 Å². The number of carbonyl (C=O) groups is 2. The van der Waals surface area contributed by atoms with E-state index in [9.17, 15) is 9.59 Å². The average molecular weight is 315 g/mol. The molecule has 1 aliphatic rings. The van der Waals surface area contributed by atoms with E-state index in [1.54, 1.807) is 19.1 Å². The van der Waals surface area contributed by atoms with Gasteiger partial charge in [0.25, 0.3) is 0 Å². The zero-order valence-electron chi connectivity index (χ0n) is 12.4. The van der Waals surface area contributed by atoms with Gasteiger partial charge in [0.1, 0.15) is 17.5 Å². The highest BCUT2D eigenvalue weighted by Gasteiger charge is 2.43. The topological polar surface area (TPSA) is 43.4 Å². The van der Waals surface area contributed by atoms with Crippen LogP contribution in [0, 0.1) is 30.1 Å². The minimum Gasteiger partial charge on any atom is -0.496 e. The minimum absolute atomic E-state index is 0.156. The number of halogens is 1. The number of ketones is 2. The normalized spacial score (nSPS) is 20.3. The Morgan fingerprint density at radius 3 is 2.73 bits per heavy atom. The lowest BCUT2D eigenvalue weighted by Gasteiger charge is -2.15. The Hall–Kier alpha value is -2.23. The largest absolute Gasteiger partial charge is 0.496 e. The molecule has 2 atom stereocenters. The van der Waals surface area contributed by atoms with E-state index in [0.29, 0.717) is 21.9 Å². The van der Waals surface area contributed by atoms with Crippen LogP contribution in [0.3, 0.4) is 0 Å². The second-order valence-electron chi connectivity index (χ2n) is 5.06. The molecule has 0 N–H and O–H groups in total. The zero-order chi connectivity index (χ0) is 16.3. The van der Waals surface area contributed by atoms with Crippen LogP contribution in [-0.2, 0) is 9.59 Å². The number of benzene rings is 1. The molecule has 1 saturated carbocycles. The van der Waals surface area contributed by atoms with Crippen LogP contribution in [0.2, 0.25) is 5.02 Å². The van der Waals surface area contributed by atoms with E-state index in [0.717, 1.165) is 0 Å². The Bertz CT molecular complexity index is 731. The van der Waals surface area contributed by atoms with Crippen LogP contribution in [0.1, 0.15) is 36.8 Å². The fourth-order valence-electron chi connectivity index (χ4n) is 2.73. The zero-order valence-corrected chi connectivity index (χ0v) is 13.2. The fourth-order valence-corrected chi connectivity index (χ4v) is 3.05. The molecule has 0 spiro atoms. The summed E-state index contributed by atoms with van der Waals surface area (Å²) < 4.78 is 5.32. The molecule has 0 bridgehead atoms. The van der Waals surface area contributed by atoms with Gasteiger partial charge in [0.15, 0.2) is 5.78 Å². The fraction of sp³-hybridized carbons (Fsp3) is 0.333. The number of methoxy groups -OCH3 is 1. The third-order valence-electron chi connectivity index (χ3n) is 3.69. The van der Waals surface area contributed by atoms with Crippen LogP contribution in [0.4, 0.5) is 0 Å². The van der Waals surface area contributed by atoms with E-state index < -0.39 is 11.8 Å². The Labute approximate surface area is 135 Å². The Morgan fingerprint density at radius 2 is 2.14 bits per heavy atom. The molecule has 2 rings (SSSR count). The van der Waals surface area contributed by atoms with Gasteiger partial charge in [-0.3, -0.25) is 9.59 Å². The molecule has 0 amide bonds. The monoisotopic (exact) mass is 314 g/mol. The van der Waals surface area contributed by atoms with Crippen molar-refractivity contribution in [3.8, 4) is 29.9 Å². The summed E-state index contributed by atoms with van der Waals surface area (Å²) in [6.45, 7) is 1.71. The van der Waals surface area contributed by atoms with Gasteiger partial charge in [-0.2, -0.15) is 0 Å². The molecule has 112 valence electrons. The van der Waals surface area contributed by atoms with Crippen LogP contribution in [0.15, 0.2) is 12.1 Å². The quantitative estimate of drug-likeness (QED) is 0.636. The Morgan fingerprint density at radius 1 is 1.41 bits per heavy atom. The maximum absolute atomic E-state index is 12.5. The highest BCUT2D eigenvalue weighted by Crippen LogP contribution is 2.42. The van der Waals surface area contributed by atoms with Gasteiger partial charge in [0.05, 0.1) is 7.11 Å². The van der Waals surface area contributed by atoms with Gasteiger partial charge < -0.3 is 4.74 Å². The number of Topliss-reactive ketones (excluding diaryl/α,β-unsaturated/α-hetero) is 2. The molecular formula is C18H15ClO3. The third kappa shape index (κ3) is 2.86. The van der Waals surface area contributed by atoms with E-state index >= 15 is 0 Å². The lowest BCUT2D eigenvalue weighted by atomic mass is 9.92. The van der Waals surface area contributed by atoms with E-state index in [-0.39, 0.29) is 24.4 Å². The number of rotatable bonds is 3. The van der Waals surface area contributed by atoms with Crippen LogP contribution >= 0.6 is 11.6 Å². The van der Waals surface area contributed by atoms with Crippen LogP contribution in [0.25, 0.3) is 0 Å². The summed E-state index contributed by atoms with van der Waals surface area (Å²) in [4.78, 5) is 24.7. The van der Waals surface area contributed by atoms with E-state index in [1.165, 1.54) is 7.11 Å². The van der Waals surface area contributed by atoms with Crippen LogP contribution in [-0.4, -0.2) is 18.7 Å². The molecule has 1 aromatic carbocycles. The van der Waals surface area contributed by atoms with Crippen molar-refractivity contribution in [2.45, 2.75) is 25.7 Å². The van der Waals surface area contributed by atoms with Crippen LogP contribution < -0.4 is 4.74 Å². The number of hydrogen-bond acceptors (Lipinski definition) is 3. The van der Waals surface area contributed by atoms with Gasteiger partial charge in [-0.25, -0.2) is 0 Å². The van der Waals surface area contributed by atoms with E-state index in [1.807, 2.05) is 0 Å². The standard InChI is InChI=1S/C18H15ClO3/c1-4-6-11-8-13(19)16(15(9-11)22-3)17-14(20)10-12(7-5-2)18(17)21/h2,8-9,12,17H,7,10H2,1,3H3. The van der Waals surface area contributed by atoms with Crippen molar-refractivity contribution in [2.24, 2.45) is 5.92 Å². The highest BCUT2D eigenvalue weighted by atomic mass is 35.5. The SMILES string of the molecule is C#CCC1CC(=O)C(c2c(Cl)cc(C#CC)cc2OC)C1=O. The van der Waals surface area contributed by atoms with Gasteiger partial charge in [0.2, 0.25) is 0 Å². The summed E-state index contributed by atoms with van der Waals surface area (Å²) in [5.74, 6) is 6.82. The molecule has 0 saturated heterocycles.